The molecule has 0 spiro atoms. The number of carbonyl (C=O) groups is 1. The maximum atomic E-state index is 12.6. The van der Waals surface area contributed by atoms with Crippen molar-refractivity contribution in [3.05, 3.63) is 30.3 Å². The van der Waals surface area contributed by atoms with Gasteiger partial charge in [-0.2, -0.15) is 4.80 Å². The van der Waals surface area contributed by atoms with Crippen molar-refractivity contribution in [3.8, 4) is 22.0 Å². The van der Waals surface area contributed by atoms with E-state index in [1.54, 1.807) is 4.80 Å². The number of nitrogens with one attached hydrogen (secondary N) is 1. The third-order valence-corrected chi connectivity index (χ3v) is 5.79. The van der Waals surface area contributed by atoms with Gasteiger partial charge in [-0.3, -0.25) is 4.79 Å². The predicted molar refractivity (Wildman–Crippen MR) is 105 cm³/mol. The maximum absolute atomic E-state index is 12.6. The van der Waals surface area contributed by atoms with Crippen molar-refractivity contribution >= 4 is 22.4 Å². The van der Waals surface area contributed by atoms with Crippen LogP contribution in [0.4, 0.5) is 5.13 Å². The van der Waals surface area contributed by atoms with Gasteiger partial charge in [0.05, 0.1) is 12.2 Å². The summed E-state index contributed by atoms with van der Waals surface area (Å²) in [5.41, 5.74) is 1.74. The van der Waals surface area contributed by atoms with Crippen LogP contribution in [0.2, 0.25) is 0 Å². The van der Waals surface area contributed by atoms with Gasteiger partial charge in [0.25, 0.3) is 0 Å². The Hall–Kier alpha value is -2.61. The number of amides is 1. The molecule has 8 heteroatoms. The summed E-state index contributed by atoms with van der Waals surface area (Å²) >= 11 is 1.40. The van der Waals surface area contributed by atoms with E-state index < -0.39 is 0 Å². The van der Waals surface area contributed by atoms with E-state index in [9.17, 15) is 4.79 Å². The quantitative estimate of drug-likeness (QED) is 0.721. The van der Waals surface area contributed by atoms with Crippen LogP contribution in [0.1, 0.15) is 39.0 Å². The van der Waals surface area contributed by atoms with Gasteiger partial charge < -0.3 is 5.32 Å². The molecule has 4 rings (SSSR count). The van der Waals surface area contributed by atoms with Crippen LogP contribution in [0.3, 0.4) is 0 Å². The Morgan fingerprint density at radius 3 is 2.70 bits per heavy atom. The minimum atomic E-state index is 0.0692. The molecule has 0 bridgehead atoms. The zero-order chi connectivity index (χ0) is 18.6. The molecule has 27 heavy (non-hydrogen) atoms. The van der Waals surface area contributed by atoms with E-state index in [1.165, 1.54) is 17.8 Å². The first-order valence-corrected chi connectivity index (χ1v) is 10.2. The number of anilines is 1. The van der Waals surface area contributed by atoms with E-state index in [0.717, 1.165) is 41.8 Å². The lowest BCUT2D eigenvalue weighted by Gasteiger charge is -2.19. The van der Waals surface area contributed by atoms with E-state index in [0.29, 0.717) is 17.5 Å². The minimum absolute atomic E-state index is 0.0692. The van der Waals surface area contributed by atoms with Crippen LogP contribution in [0.25, 0.3) is 22.0 Å². The van der Waals surface area contributed by atoms with Crippen molar-refractivity contribution in [1.29, 1.82) is 0 Å². The highest BCUT2D eigenvalue weighted by Crippen LogP contribution is 2.37. The standard InChI is InChI=1S/C19H22N6OS/c1-2-25-23-17(22-24-25)16-15(13-9-5-3-6-10-13)20-19(27-16)21-18(26)14-11-7-4-8-12-14/h3,5-6,9-10,14H,2,4,7-8,11-12H2,1H3,(H,20,21,26). The van der Waals surface area contributed by atoms with Crippen molar-refractivity contribution in [2.45, 2.75) is 45.6 Å². The van der Waals surface area contributed by atoms with Crippen LogP contribution in [0.15, 0.2) is 30.3 Å². The summed E-state index contributed by atoms with van der Waals surface area (Å²) in [5, 5.41) is 16.3. The van der Waals surface area contributed by atoms with Gasteiger partial charge in [0, 0.05) is 11.5 Å². The van der Waals surface area contributed by atoms with Gasteiger partial charge in [0.1, 0.15) is 4.88 Å². The number of hydrogen-bond acceptors (Lipinski definition) is 6. The molecule has 0 radical (unpaired) electrons. The minimum Gasteiger partial charge on any atom is -0.302 e. The van der Waals surface area contributed by atoms with Gasteiger partial charge in [-0.25, -0.2) is 4.98 Å². The lowest BCUT2D eigenvalue weighted by Crippen LogP contribution is -2.24. The average Bonchev–Trinajstić information content (AvgIpc) is 3.36. The van der Waals surface area contributed by atoms with E-state index in [1.807, 2.05) is 37.3 Å². The van der Waals surface area contributed by atoms with Crippen LogP contribution < -0.4 is 5.32 Å². The molecule has 0 unspecified atom stereocenters. The van der Waals surface area contributed by atoms with Crippen LogP contribution >= 0.6 is 11.3 Å². The number of nitrogens with zero attached hydrogens (tertiary/aromatic N) is 5. The molecule has 3 aromatic rings. The molecule has 1 aliphatic rings. The topological polar surface area (TPSA) is 85.6 Å². The fourth-order valence-corrected chi connectivity index (χ4v) is 4.27. The van der Waals surface area contributed by atoms with Crippen molar-refractivity contribution in [2.75, 3.05) is 5.32 Å². The number of tetrazole rings is 1. The molecule has 140 valence electrons. The molecule has 1 N–H and O–H groups in total. The Balaban J connectivity index is 1.66. The highest BCUT2D eigenvalue weighted by molar-refractivity contribution is 7.19. The number of rotatable bonds is 5. The SMILES string of the molecule is CCn1nnc(-c2sc(NC(=O)C3CCCCC3)nc2-c2ccccc2)n1. The number of thiazole rings is 1. The van der Waals surface area contributed by atoms with Gasteiger partial charge in [0.2, 0.25) is 11.7 Å². The lowest BCUT2D eigenvalue weighted by atomic mass is 9.89. The second-order valence-corrected chi connectivity index (χ2v) is 7.69. The maximum Gasteiger partial charge on any atom is 0.229 e. The summed E-state index contributed by atoms with van der Waals surface area (Å²) in [6, 6.07) is 9.89. The van der Waals surface area contributed by atoms with E-state index in [2.05, 4.69) is 20.7 Å². The molecule has 0 atom stereocenters. The largest absolute Gasteiger partial charge is 0.302 e. The van der Waals surface area contributed by atoms with Crippen LogP contribution in [0, 0.1) is 5.92 Å². The second-order valence-electron chi connectivity index (χ2n) is 6.69. The molecule has 1 aliphatic carbocycles. The first-order chi connectivity index (χ1) is 13.2. The third-order valence-electron chi connectivity index (χ3n) is 4.82. The number of aromatic nitrogens is 5. The van der Waals surface area contributed by atoms with Gasteiger partial charge in [-0.15, -0.1) is 10.2 Å². The second kappa shape index (κ2) is 7.96. The van der Waals surface area contributed by atoms with Crippen LogP contribution in [-0.2, 0) is 11.3 Å². The number of carbonyl (C=O) groups excluding carboxylic acids is 1. The number of benzene rings is 1. The summed E-state index contributed by atoms with van der Waals surface area (Å²) < 4.78 is 0. The Morgan fingerprint density at radius 1 is 1.22 bits per heavy atom. The van der Waals surface area contributed by atoms with Gasteiger partial charge >= 0.3 is 0 Å². The van der Waals surface area contributed by atoms with Crippen molar-refractivity contribution in [3.63, 3.8) is 0 Å². The van der Waals surface area contributed by atoms with E-state index >= 15 is 0 Å². The number of hydrogen-bond donors (Lipinski definition) is 1. The average molecular weight is 382 g/mol. The first-order valence-electron chi connectivity index (χ1n) is 9.40. The van der Waals surface area contributed by atoms with Gasteiger partial charge in [-0.1, -0.05) is 60.9 Å². The molecule has 2 heterocycles. The highest BCUT2D eigenvalue weighted by atomic mass is 32.1. The van der Waals surface area contributed by atoms with Gasteiger partial charge in [0.15, 0.2) is 5.13 Å². The normalized spacial score (nSPS) is 15.0. The molecule has 7 nitrogen and oxygen atoms in total. The van der Waals surface area contributed by atoms with Crippen molar-refractivity contribution in [1.82, 2.24) is 25.2 Å². The third kappa shape index (κ3) is 3.90. The smallest absolute Gasteiger partial charge is 0.229 e. The summed E-state index contributed by atoms with van der Waals surface area (Å²) in [6.45, 7) is 2.61. The molecule has 1 fully saturated rings. The Kier molecular flexibility index (Phi) is 5.24. The summed E-state index contributed by atoms with van der Waals surface area (Å²) in [5.74, 6) is 0.691. The van der Waals surface area contributed by atoms with Crippen LogP contribution in [0.5, 0.6) is 0 Å². The fourth-order valence-electron chi connectivity index (χ4n) is 3.36. The fraction of sp³-hybridized carbons (Fsp3) is 0.421. The molecule has 1 aromatic carbocycles. The predicted octanol–water partition coefficient (Wildman–Crippen LogP) is 4.00. The molecule has 1 amide bonds. The number of aryl methyl sites for hydroxylation is 1. The summed E-state index contributed by atoms with van der Waals surface area (Å²) in [4.78, 5) is 19.7. The Bertz CT molecular complexity index is 913. The molecule has 0 aliphatic heterocycles. The van der Waals surface area contributed by atoms with Crippen LogP contribution in [-0.4, -0.2) is 31.1 Å². The molecular weight excluding hydrogens is 360 g/mol. The Morgan fingerprint density at radius 2 is 2.00 bits per heavy atom. The van der Waals surface area contributed by atoms with Crippen molar-refractivity contribution < 1.29 is 4.79 Å². The van der Waals surface area contributed by atoms with E-state index in [4.69, 9.17) is 4.98 Å². The Labute approximate surface area is 161 Å². The lowest BCUT2D eigenvalue weighted by molar-refractivity contribution is -0.120. The van der Waals surface area contributed by atoms with E-state index in [-0.39, 0.29) is 11.8 Å². The molecule has 0 saturated heterocycles. The summed E-state index contributed by atoms with van der Waals surface area (Å²) in [7, 11) is 0. The van der Waals surface area contributed by atoms with Crippen molar-refractivity contribution in [2.24, 2.45) is 5.92 Å². The summed E-state index contributed by atoms with van der Waals surface area (Å²) in [6.07, 6.45) is 5.40. The highest BCUT2D eigenvalue weighted by Gasteiger charge is 2.24. The van der Waals surface area contributed by atoms with Gasteiger partial charge in [-0.05, 0) is 25.0 Å². The molecule has 1 saturated carbocycles. The molecular formula is C19H22N6OS. The zero-order valence-electron chi connectivity index (χ0n) is 15.3. The monoisotopic (exact) mass is 382 g/mol. The first kappa shape index (κ1) is 17.8. The molecule has 2 aromatic heterocycles. The zero-order valence-corrected chi connectivity index (χ0v) is 16.1.